The first-order valence-electron chi connectivity index (χ1n) is 11.0. The Morgan fingerprint density at radius 1 is 0.786 bits per heavy atom. The van der Waals surface area contributed by atoms with Crippen molar-refractivity contribution in [2.45, 2.75) is 122 Å². The van der Waals surface area contributed by atoms with Crippen molar-refractivity contribution >= 4 is 10.4 Å². The molecule has 7 heteroatoms. The maximum absolute atomic E-state index is 10.8. The minimum absolute atomic E-state index is 0.231. The summed E-state index contributed by atoms with van der Waals surface area (Å²) < 4.78 is 34.7. The Bertz CT molecular complexity index is 462. The highest BCUT2D eigenvalue weighted by Crippen LogP contribution is 2.16. The second kappa shape index (κ2) is 18.6. The van der Waals surface area contributed by atoms with E-state index in [1.807, 2.05) is 0 Å². The van der Waals surface area contributed by atoms with E-state index in [9.17, 15) is 8.42 Å². The van der Waals surface area contributed by atoms with Crippen LogP contribution in [0.5, 0.6) is 0 Å². The molecule has 0 saturated heterocycles. The lowest BCUT2D eigenvalue weighted by Crippen LogP contribution is -2.23. The number of hydrogen-bond donors (Lipinski definition) is 3. The van der Waals surface area contributed by atoms with Crippen LogP contribution in [0.1, 0.15) is 110 Å². The summed E-state index contributed by atoms with van der Waals surface area (Å²) in [6.07, 6.45) is 18.8. The van der Waals surface area contributed by atoms with Crippen molar-refractivity contribution in [3.05, 3.63) is 12.2 Å². The molecule has 3 N–H and O–H groups in total. The second-order valence-corrected chi connectivity index (χ2v) is 8.64. The number of aliphatic hydroxyl groups is 2. The van der Waals surface area contributed by atoms with Crippen LogP contribution in [-0.4, -0.2) is 35.6 Å². The molecular formula is C21H42O6S. The zero-order valence-corrected chi connectivity index (χ0v) is 18.4. The van der Waals surface area contributed by atoms with E-state index in [-0.39, 0.29) is 6.42 Å². The molecule has 0 spiro atoms. The third-order valence-corrected chi connectivity index (χ3v) is 5.28. The Kier molecular flexibility index (Phi) is 18.2. The Morgan fingerprint density at radius 3 is 1.71 bits per heavy atom. The van der Waals surface area contributed by atoms with Gasteiger partial charge in [0.2, 0.25) is 0 Å². The van der Waals surface area contributed by atoms with Gasteiger partial charge in [0.25, 0.3) is 0 Å². The van der Waals surface area contributed by atoms with Gasteiger partial charge in [-0.3, -0.25) is 4.55 Å². The van der Waals surface area contributed by atoms with Gasteiger partial charge in [0, 0.05) is 6.42 Å². The summed E-state index contributed by atoms with van der Waals surface area (Å²) in [5.74, 6) is 0. The van der Waals surface area contributed by atoms with Gasteiger partial charge in [0.15, 0.2) is 6.29 Å². The molecule has 0 radical (unpaired) electrons. The first kappa shape index (κ1) is 27.5. The molecular weight excluding hydrogens is 380 g/mol. The fourth-order valence-electron chi connectivity index (χ4n) is 3.23. The van der Waals surface area contributed by atoms with Gasteiger partial charge in [0.1, 0.15) is 0 Å². The van der Waals surface area contributed by atoms with Crippen molar-refractivity contribution in [1.82, 2.24) is 0 Å². The van der Waals surface area contributed by atoms with Crippen molar-refractivity contribution < 1.29 is 27.4 Å². The van der Waals surface area contributed by atoms with Crippen molar-refractivity contribution in [2.24, 2.45) is 0 Å². The second-order valence-electron chi connectivity index (χ2n) is 7.59. The third-order valence-electron chi connectivity index (χ3n) is 4.77. The molecule has 0 saturated carbocycles. The van der Waals surface area contributed by atoms with Crippen LogP contribution in [0.2, 0.25) is 0 Å². The van der Waals surface area contributed by atoms with Crippen molar-refractivity contribution in [3.8, 4) is 0 Å². The van der Waals surface area contributed by atoms with E-state index in [0.717, 1.165) is 32.1 Å². The molecule has 0 aliphatic heterocycles. The highest BCUT2D eigenvalue weighted by Gasteiger charge is 2.19. The smallest absolute Gasteiger partial charge is 0.368 e. The summed E-state index contributed by atoms with van der Waals surface area (Å²) in [5, 5.41) is 17.9. The van der Waals surface area contributed by atoms with Crippen LogP contribution in [0.15, 0.2) is 12.2 Å². The van der Waals surface area contributed by atoms with Gasteiger partial charge in [-0.1, -0.05) is 83.3 Å². The molecule has 0 aromatic rings. The quantitative estimate of drug-likeness (QED) is 0.106. The normalized spacial score (nSPS) is 13.6. The van der Waals surface area contributed by atoms with E-state index in [1.165, 1.54) is 57.8 Å². The zero-order valence-electron chi connectivity index (χ0n) is 17.6. The summed E-state index contributed by atoms with van der Waals surface area (Å²) in [6, 6.07) is 0. The maximum Gasteiger partial charge on any atom is 0.397 e. The predicted molar refractivity (Wildman–Crippen MR) is 113 cm³/mol. The molecule has 0 rings (SSSR count). The molecule has 1 atom stereocenters. The minimum atomic E-state index is -4.57. The zero-order chi connectivity index (χ0) is 21.1. The highest BCUT2D eigenvalue weighted by molar-refractivity contribution is 7.80. The van der Waals surface area contributed by atoms with Crippen LogP contribution < -0.4 is 0 Å². The number of unbranched alkanes of at least 4 members (excludes halogenated alkanes) is 12. The predicted octanol–water partition coefficient (Wildman–Crippen LogP) is 5.30. The molecule has 0 amide bonds. The first-order chi connectivity index (χ1) is 13.3. The van der Waals surface area contributed by atoms with Gasteiger partial charge in [-0.05, 0) is 32.1 Å². The van der Waals surface area contributed by atoms with Crippen LogP contribution in [0.3, 0.4) is 0 Å². The molecule has 28 heavy (non-hydrogen) atoms. The maximum atomic E-state index is 10.8. The van der Waals surface area contributed by atoms with Gasteiger partial charge in [0.05, 0.1) is 6.10 Å². The molecule has 0 heterocycles. The van der Waals surface area contributed by atoms with Gasteiger partial charge < -0.3 is 10.2 Å². The largest absolute Gasteiger partial charge is 0.397 e. The van der Waals surface area contributed by atoms with E-state index in [4.69, 9.17) is 14.8 Å². The standard InChI is InChI=1S/C21H42O6S/c1-2-3-4-5-6-7-8-9-10-11-12-13-14-15-16-17-18-20(19-21(22)23)27-28(24,25)26/h9-10,20-23H,2-8,11-19H2,1H3,(H,24,25,26)/b10-9-. The Hall–Kier alpha value is -0.470. The number of aliphatic hydroxyl groups excluding tert-OH is 1. The molecule has 0 bridgehead atoms. The lowest BCUT2D eigenvalue weighted by molar-refractivity contribution is -0.0670. The molecule has 0 aromatic carbocycles. The molecule has 0 aliphatic carbocycles. The van der Waals surface area contributed by atoms with Gasteiger partial charge in [-0.15, -0.1) is 0 Å². The van der Waals surface area contributed by atoms with E-state index < -0.39 is 22.8 Å². The highest BCUT2D eigenvalue weighted by atomic mass is 32.3. The van der Waals surface area contributed by atoms with Crippen molar-refractivity contribution in [3.63, 3.8) is 0 Å². The lowest BCUT2D eigenvalue weighted by Gasteiger charge is -2.16. The average molecular weight is 423 g/mol. The van der Waals surface area contributed by atoms with Gasteiger partial charge >= 0.3 is 10.4 Å². The van der Waals surface area contributed by atoms with Crippen LogP contribution in [0.4, 0.5) is 0 Å². The van der Waals surface area contributed by atoms with Crippen LogP contribution in [0, 0.1) is 0 Å². The summed E-state index contributed by atoms with van der Waals surface area (Å²) in [4.78, 5) is 0. The molecule has 0 fully saturated rings. The van der Waals surface area contributed by atoms with Crippen molar-refractivity contribution in [1.29, 1.82) is 0 Å². The minimum Gasteiger partial charge on any atom is -0.368 e. The molecule has 0 aliphatic rings. The summed E-state index contributed by atoms with van der Waals surface area (Å²) in [6.45, 7) is 2.24. The Balaban J connectivity index is 3.51. The van der Waals surface area contributed by atoms with Gasteiger partial charge in [-0.2, -0.15) is 8.42 Å². The summed E-state index contributed by atoms with van der Waals surface area (Å²) in [5.41, 5.74) is 0. The molecule has 168 valence electrons. The van der Waals surface area contributed by atoms with E-state index in [1.54, 1.807) is 0 Å². The van der Waals surface area contributed by atoms with E-state index in [0.29, 0.717) is 6.42 Å². The van der Waals surface area contributed by atoms with E-state index in [2.05, 4.69) is 23.3 Å². The van der Waals surface area contributed by atoms with Crippen molar-refractivity contribution in [2.75, 3.05) is 0 Å². The van der Waals surface area contributed by atoms with Crippen LogP contribution >= 0.6 is 0 Å². The summed E-state index contributed by atoms with van der Waals surface area (Å²) in [7, 11) is -4.57. The monoisotopic (exact) mass is 422 g/mol. The fourth-order valence-corrected chi connectivity index (χ4v) is 3.75. The number of rotatable bonds is 20. The summed E-state index contributed by atoms with van der Waals surface area (Å²) >= 11 is 0. The Morgan fingerprint density at radius 2 is 1.25 bits per heavy atom. The van der Waals surface area contributed by atoms with Gasteiger partial charge in [-0.25, -0.2) is 4.18 Å². The first-order valence-corrected chi connectivity index (χ1v) is 12.4. The van der Waals surface area contributed by atoms with E-state index >= 15 is 0 Å². The van der Waals surface area contributed by atoms with Crippen LogP contribution in [0.25, 0.3) is 0 Å². The third kappa shape index (κ3) is 21.8. The number of hydrogen-bond acceptors (Lipinski definition) is 5. The number of allylic oxidation sites excluding steroid dienone is 2. The molecule has 0 aromatic heterocycles. The topological polar surface area (TPSA) is 104 Å². The molecule has 1 unspecified atom stereocenters. The Labute approximate surface area is 172 Å². The SMILES string of the molecule is CCCCCCCC/C=C\CCCCCCCCC(CC(O)O)OS(=O)(=O)O. The average Bonchev–Trinajstić information content (AvgIpc) is 2.59. The molecule has 6 nitrogen and oxygen atoms in total. The lowest BCUT2D eigenvalue weighted by atomic mass is 10.0. The fraction of sp³-hybridized carbons (Fsp3) is 0.905. The van der Waals surface area contributed by atoms with Crippen LogP contribution in [-0.2, 0) is 14.6 Å².